The van der Waals surface area contributed by atoms with Crippen LogP contribution in [0.1, 0.15) is 28.9 Å². The molecule has 0 amide bonds. The summed E-state index contributed by atoms with van der Waals surface area (Å²) in [5.74, 6) is -0.196. The highest BCUT2D eigenvalue weighted by Gasteiger charge is 2.20. The second-order valence-electron chi connectivity index (χ2n) is 5.88. The van der Waals surface area contributed by atoms with Crippen molar-refractivity contribution < 1.29 is 9.90 Å². The van der Waals surface area contributed by atoms with E-state index in [9.17, 15) is 4.79 Å². The van der Waals surface area contributed by atoms with Crippen molar-refractivity contribution in [3.8, 4) is 0 Å². The number of carbonyl (C=O) groups is 1. The van der Waals surface area contributed by atoms with Crippen LogP contribution in [0.3, 0.4) is 0 Å². The predicted molar refractivity (Wildman–Crippen MR) is 76.7 cm³/mol. The molecule has 1 saturated heterocycles. The maximum absolute atomic E-state index is 11.2. The van der Waals surface area contributed by atoms with E-state index in [1.807, 2.05) is 0 Å². The molecular weight excluding hydrogens is 256 g/mol. The molecule has 1 aliphatic heterocycles. The molecule has 2 rings (SSSR count). The normalized spacial score (nSPS) is 17.8. The van der Waals surface area contributed by atoms with Gasteiger partial charge < -0.3 is 14.9 Å². The lowest BCUT2D eigenvalue weighted by atomic mass is 9.96. The first kappa shape index (κ1) is 15.0. The fourth-order valence-electron chi connectivity index (χ4n) is 2.83. The van der Waals surface area contributed by atoms with E-state index in [4.69, 9.17) is 5.11 Å². The molecule has 1 aliphatic rings. The van der Waals surface area contributed by atoms with Crippen molar-refractivity contribution >= 4 is 5.97 Å². The van der Waals surface area contributed by atoms with E-state index in [0.29, 0.717) is 18.0 Å². The summed E-state index contributed by atoms with van der Waals surface area (Å²) in [5.41, 5.74) is 1.08. The average molecular weight is 280 g/mol. The van der Waals surface area contributed by atoms with Crippen LogP contribution in [-0.4, -0.2) is 64.4 Å². The second-order valence-corrected chi connectivity index (χ2v) is 5.88. The Morgan fingerprint density at radius 1 is 1.45 bits per heavy atom. The molecule has 20 heavy (non-hydrogen) atoms. The Hall–Kier alpha value is -1.40. The number of rotatable bonds is 5. The van der Waals surface area contributed by atoms with E-state index in [2.05, 4.69) is 29.0 Å². The van der Waals surface area contributed by atoms with Gasteiger partial charge in [-0.2, -0.15) is 5.10 Å². The summed E-state index contributed by atoms with van der Waals surface area (Å²) < 4.78 is 1.66. The molecule has 112 valence electrons. The quantitative estimate of drug-likeness (QED) is 0.868. The van der Waals surface area contributed by atoms with Crippen molar-refractivity contribution in [2.24, 2.45) is 13.0 Å². The van der Waals surface area contributed by atoms with Gasteiger partial charge in [0.1, 0.15) is 5.56 Å². The monoisotopic (exact) mass is 280 g/mol. The molecule has 1 aromatic heterocycles. The summed E-state index contributed by atoms with van der Waals surface area (Å²) in [4.78, 5) is 15.7. The van der Waals surface area contributed by atoms with Crippen molar-refractivity contribution in [1.29, 1.82) is 0 Å². The smallest absolute Gasteiger partial charge is 0.339 e. The standard InChI is InChI=1S/C14H24N4O2/c1-16-6-4-11(5-7-16)9-17(2)10-13-12(14(19)20)8-15-18(13)3/h8,11H,4-7,9-10H2,1-3H3,(H,19,20). The zero-order valence-corrected chi connectivity index (χ0v) is 12.5. The first-order chi connectivity index (χ1) is 9.47. The van der Waals surface area contributed by atoms with E-state index < -0.39 is 5.97 Å². The van der Waals surface area contributed by atoms with E-state index in [-0.39, 0.29) is 0 Å². The Bertz CT molecular complexity index is 464. The summed E-state index contributed by atoms with van der Waals surface area (Å²) in [7, 11) is 6.01. The molecule has 0 saturated carbocycles. The van der Waals surface area contributed by atoms with Crippen molar-refractivity contribution in [1.82, 2.24) is 19.6 Å². The summed E-state index contributed by atoms with van der Waals surface area (Å²) in [6.07, 6.45) is 3.87. The third kappa shape index (κ3) is 3.58. The molecule has 0 radical (unpaired) electrons. The first-order valence-electron chi connectivity index (χ1n) is 7.08. The molecule has 0 atom stereocenters. The molecule has 1 fully saturated rings. The van der Waals surface area contributed by atoms with Crippen LogP contribution < -0.4 is 0 Å². The molecule has 6 nitrogen and oxygen atoms in total. The van der Waals surface area contributed by atoms with Crippen molar-refractivity contribution in [2.45, 2.75) is 19.4 Å². The Balaban J connectivity index is 1.93. The highest BCUT2D eigenvalue weighted by Crippen LogP contribution is 2.18. The molecule has 6 heteroatoms. The number of piperidine rings is 1. The number of likely N-dealkylation sites (tertiary alicyclic amines) is 1. The number of carboxylic acids is 1. The van der Waals surface area contributed by atoms with Crippen LogP contribution in [0.25, 0.3) is 0 Å². The third-order valence-corrected chi connectivity index (χ3v) is 4.12. The molecule has 1 aromatic rings. The molecule has 0 unspecified atom stereocenters. The number of aromatic nitrogens is 2. The zero-order chi connectivity index (χ0) is 14.7. The van der Waals surface area contributed by atoms with Gasteiger partial charge in [-0.3, -0.25) is 4.68 Å². The maximum atomic E-state index is 11.2. The number of carboxylic acid groups (broad SMARTS) is 1. The number of hydrogen-bond acceptors (Lipinski definition) is 4. The summed E-state index contributed by atoms with van der Waals surface area (Å²) in [6, 6.07) is 0. The van der Waals surface area contributed by atoms with Crippen LogP contribution in [-0.2, 0) is 13.6 Å². The minimum atomic E-state index is -0.902. The lowest BCUT2D eigenvalue weighted by molar-refractivity contribution is 0.0694. The molecule has 0 bridgehead atoms. The lowest BCUT2D eigenvalue weighted by Crippen LogP contribution is -2.35. The molecular formula is C14H24N4O2. The van der Waals surface area contributed by atoms with Gasteiger partial charge in [0.05, 0.1) is 11.9 Å². The zero-order valence-electron chi connectivity index (χ0n) is 12.5. The van der Waals surface area contributed by atoms with Crippen molar-refractivity contribution in [2.75, 3.05) is 33.7 Å². The fourth-order valence-corrected chi connectivity index (χ4v) is 2.83. The topological polar surface area (TPSA) is 61.6 Å². The van der Waals surface area contributed by atoms with Crippen LogP contribution in [0, 0.1) is 5.92 Å². The summed E-state index contributed by atoms with van der Waals surface area (Å²) in [6.45, 7) is 3.96. The Labute approximate surface area is 120 Å². The van der Waals surface area contributed by atoms with Gasteiger partial charge in [0.15, 0.2) is 0 Å². The van der Waals surface area contributed by atoms with Gasteiger partial charge in [0.2, 0.25) is 0 Å². The van der Waals surface area contributed by atoms with E-state index >= 15 is 0 Å². The van der Waals surface area contributed by atoms with Gasteiger partial charge in [0, 0.05) is 20.1 Å². The van der Waals surface area contributed by atoms with Gasteiger partial charge in [-0.15, -0.1) is 0 Å². The largest absolute Gasteiger partial charge is 0.478 e. The minimum absolute atomic E-state index is 0.308. The second kappa shape index (κ2) is 6.37. The Morgan fingerprint density at radius 3 is 2.70 bits per heavy atom. The molecule has 0 spiro atoms. The van der Waals surface area contributed by atoms with Crippen LogP contribution in [0.5, 0.6) is 0 Å². The van der Waals surface area contributed by atoms with Crippen LogP contribution in [0.15, 0.2) is 6.20 Å². The molecule has 0 aliphatic carbocycles. The van der Waals surface area contributed by atoms with Gasteiger partial charge in [-0.05, 0) is 45.9 Å². The number of aromatic carboxylic acids is 1. The van der Waals surface area contributed by atoms with Crippen LogP contribution >= 0.6 is 0 Å². The van der Waals surface area contributed by atoms with Gasteiger partial charge >= 0.3 is 5.97 Å². The SMILES string of the molecule is CN1CCC(CN(C)Cc2c(C(=O)O)cnn2C)CC1. The van der Waals surface area contributed by atoms with Crippen molar-refractivity contribution in [3.05, 3.63) is 17.5 Å². The van der Waals surface area contributed by atoms with Gasteiger partial charge in [-0.1, -0.05) is 0 Å². The maximum Gasteiger partial charge on any atom is 0.339 e. The van der Waals surface area contributed by atoms with Gasteiger partial charge in [-0.25, -0.2) is 4.79 Å². The molecule has 2 heterocycles. The minimum Gasteiger partial charge on any atom is -0.478 e. The fraction of sp³-hybridized carbons (Fsp3) is 0.714. The Morgan fingerprint density at radius 2 is 2.10 bits per heavy atom. The van der Waals surface area contributed by atoms with E-state index in [1.54, 1.807) is 11.7 Å². The third-order valence-electron chi connectivity index (χ3n) is 4.12. The van der Waals surface area contributed by atoms with Crippen LogP contribution in [0.4, 0.5) is 0 Å². The lowest BCUT2D eigenvalue weighted by Gasteiger charge is -2.31. The van der Waals surface area contributed by atoms with Crippen molar-refractivity contribution in [3.63, 3.8) is 0 Å². The Kier molecular flexibility index (Phi) is 4.77. The highest BCUT2D eigenvalue weighted by atomic mass is 16.4. The van der Waals surface area contributed by atoms with E-state index in [1.165, 1.54) is 19.0 Å². The predicted octanol–water partition coefficient (Wildman–Crippen LogP) is 0.892. The average Bonchev–Trinajstić information content (AvgIpc) is 2.74. The molecule has 0 aromatic carbocycles. The number of nitrogens with zero attached hydrogens (tertiary/aromatic N) is 4. The highest BCUT2D eigenvalue weighted by molar-refractivity contribution is 5.88. The summed E-state index contributed by atoms with van der Waals surface area (Å²) >= 11 is 0. The molecule has 1 N–H and O–H groups in total. The number of hydrogen-bond donors (Lipinski definition) is 1. The first-order valence-corrected chi connectivity index (χ1v) is 7.08. The van der Waals surface area contributed by atoms with Gasteiger partial charge in [0.25, 0.3) is 0 Å². The van der Waals surface area contributed by atoms with E-state index in [0.717, 1.165) is 25.3 Å². The summed E-state index contributed by atoms with van der Waals surface area (Å²) in [5, 5.41) is 13.2. The number of aryl methyl sites for hydroxylation is 1. The van der Waals surface area contributed by atoms with Crippen LogP contribution in [0.2, 0.25) is 0 Å².